The first kappa shape index (κ1) is 15.0. The summed E-state index contributed by atoms with van der Waals surface area (Å²) in [6.07, 6.45) is 5.20. The minimum atomic E-state index is -0.302. The highest BCUT2D eigenvalue weighted by atomic mass is 16.6. The molecule has 0 aliphatic heterocycles. The van der Waals surface area contributed by atoms with Crippen molar-refractivity contribution in [3.8, 4) is 0 Å². The maximum absolute atomic E-state index is 11.0. The van der Waals surface area contributed by atoms with Crippen molar-refractivity contribution in [2.24, 2.45) is 5.41 Å². The van der Waals surface area contributed by atoms with Gasteiger partial charge in [0.2, 0.25) is 0 Å². The van der Waals surface area contributed by atoms with E-state index in [-0.39, 0.29) is 16.7 Å². The largest absolute Gasteiger partial charge is 0.310 e. The average Bonchev–Trinajstić information content (AvgIpc) is 2.84. The Labute approximate surface area is 120 Å². The fourth-order valence-electron chi connectivity index (χ4n) is 3.02. The van der Waals surface area contributed by atoms with Gasteiger partial charge in [0, 0.05) is 24.2 Å². The molecule has 110 valence electrons. The second-order valence-corrected chi connectivity index (χ2v) is 6.42. The Kier molecular flexibility index (Phi) is 4.43. The summed E-state index contributed by atoms with van der Waals surface area (Å²) < 4.78 is 0. The fraction of sp³-hybridized carbons (Fsp3) is 0.625. The summed E-state index contributed by atoms with van der Waals surface area (Å²) in [5.74, 6) is 0. The van der Waals surface area contributed by atoms with Gasteiger partial charge in [-0.15, -0.1) is 0 Å². The van der Waals surface area contributed by atoms with Crippen LogP contribution in [-0.4, -0.2) is 11.5 Å². The van der Waals surface area contributed by atoms with Gasteiger partial charge in [-0.1, -0.05) is 31.9 Å². The van der Waals surface area contributed by atoms with Gasteiger partial charge in [-0.25, -0.2) is 0 Å². The van der Waals surface area contributed by atoms with Gasteiger partial charge in [0.15, 0.2) is 0 Å². The van der Waals surface area contributed by atoms with Crippen molar-refractivity contribution in [2.45, 2.75) is 52.5 Å². The molecule has 1 aliphatic rings. The van der Waals surface area contributed by atoms with Gasteiger partial charge >= 0.3 is 0 Å². The number of hydrogen-bond donors (Lipinski definition) is 1. The molecule has 1 N–H and O–H groups in total. The van der Waals surface area contributed by atoms with Crippen LogP contribution in [0.4, 0.5) is 5.69 Å². The van der Waals surface area contributed by atoms with Crippen molar-refractivity contribution in [1.82, 2.24) is 5.32 Å². The zero-order chi connectivity index (χ0) is 14.8. The zero-order valence-electron chi connectivity index (χ0n) is 12.6. The van der Waals surface area contributed by atoms with Crippen molar-refractivity contribution in [1.29, 1.82) is 0 Å². The van der Waals surface area contributed by atoms with Crippen LogP contribution in [0.25, 0.3) is 0 Å². The van der Waals surface area contributed by atoms with Crippen molar-refractivity contribution in [2.75, 3.05) is 6.54 Å². The van der Waals surface area contributed by atoms with Gasteiger partial charge < -0.3 is 5.32 Å². The summed E-state index contributed by atoms with van der Waals surface area (Å²) in [5.41, 5.74) is 2.31. The highest BCUT2D eigenvalue weighted by Gasteiger charge is 2.28. The first-order chi connectivity index (χ1) is 9.41. The lowest BCUT2D eigenvalue weighted by atomic mass is 9.88. The summed E-state index contributed by atoms with van der Waals surface area (Å²) in [4.78, 5) is 10.7. The van der Waals surface area contributed by atoms with E-state index in [2.05, 4.69) is 19.2 Å². The van der Waals surface area contributed by atoms with Gasteiger partial charge in [-0.05, 0) is 37.7 Å². The number of aryl methyl sites for hydroxylation is 1. The second-order valence-electron chi connectivity index (χ2n) is 6.42. The van der Waals surface area contributed by atoms with Crippen LogP contribution >= 0.6 is 0 Å². The number of benzene rings is 1. The van der Waals surface area contributed by atoms with Crippen LogP contribution in [-0.2, 0) is 0 Å². The van der Waals surface area contributed by atoms with Crippen LogP contribution < -0.4 is 5.32 Å². The van der Waals surface area contributed by atoms with Crippen LogP contribution in [0.15, 0.2) is 18.2 Å². The molecule has 20 heavy (non-hydrogen) atoms. The molecule has 0 radical (unpaired) electrons. The normalized spacial score (nSPS) is 18.9. The summed E-state index contributed by atoms with van der Waals surface area (Å²) in [7, 11) is 0. The number of rotatable bonds is 5. The van der Waals surface area contributed by atoms with Crippen LogP contribution in [0, 0.1) is 22.5 Å². The lowest BCUT2D eigenvalue weighted by Crippen LogP contribution is -2.31. The molecule has 4 nitrogen and oxygen atoms in total. The van der Waals surface area contributed by atoms with E-state index in [1.165, 1.54) is 25.7 Å². The van der Waals surface area contributed by atoms with Gasteiger partial charge in [0.05, 0.1) is 4.92 Å². The molecule has 1 atom stereocenters. The molecule has 1 aromatic rings. The van der Waals surface area contributed by atoms with Crippen LogP contribution in [0.2, 0.25) is 0 Å². The molecule has 0 bridgehead atoms. The minimum absolute atomic E-state index is 0.145. The number of hydrogen-bond acceptors (Lipinski definition) is 3. The maximum Gasteiger partial charge on any atom is 0.272 e. The molecular weight excluding hydrogens is 252 g/mol. The molecule has 4 heteroatoms. The summed E-state index contributed by atoms with van der Waals surface area (Å²) in [6, 6.07) is 5.66. The van der Waals surface area contributed by atoms with Crippen LogP contribution in [0.1, 0.15) is 56.7 Å². The first-order valence-electron chi connectivity index (χ1n) is 7.40. The van der Waals surface area contributed by atoms with Gasteiger partial charge in [-0.3, -0.25) is 10.1 Å². The Morgan fingerprint density at radius 1 is 1.40 bits per heavy atom. The van der Waals surface area contributed by atoms with Crippen LogP contribution in [0.5, 0.6) is 0 Å². The van der Waals surface area contributed by atoms with E-state index < -0.39 is 0 Å². The van der Waals surface area contributed by atoms with E-state index in [0.717, 1.165) is 12.1 Å². The minimum Gasteiger partial charge on any atom is -0.310 e. The molecule has 1 aromatic carbocycles. The molecule has 0 amide bonds. The molecule has 1 fully saturated rings. The predicted molar refractivity (Wildman–Crippen MR) is 80.8 cm³/mol. The monoisotopic (exact) mass is 276 g/mol. The third-order valence-electron chi connectivity index (χ3n) is 4.58. The first-order valence-corrected chi connectivity index (χ1v) is 7.40. The summed E-state index contributed by atoms with van der Waals surface area (Å²) in [5, 5.41) is 14.5. The SMILES string of the molecule is Cc1ccc(C(C)NCC2(C)CCCC2)cc1[N+](=O)[O-]. The number of nitro benzene ring substituents is 1. The fourth-order valence-corrected chi connectivity index (χ4v) is 3.02. The van der Waals surface area contributed by atoms with Crippen molar-refractivity contribution >= 4 is 5.69 Å². The lowest BCUT2D eigenvalue weighted by molar-refractivity contribution is -0.385. The quantitative estimate of drug-likeness (QED) is 0.649. The van der Waals surface area contributed by atoms with Gasteiger partial charge in [0.25, 0.3) is 5.69 Å². The van der Waals surface area contributed by atoms with Crippen molar-refractivity contribution in [3.05, 3.63) is 39.4 Å². The topological polar surface area (TPSA) is 55.2 Å². The number of nitrogens with zero attached hydrogens (tertiary/aromatic N) is 1. The molecule has 0 spiro atoms. The highest BCUT2D eigenvalue weighted by Crippen LogP contribution is 2.37. The van der Waals surface area contributed by atoms with E-state index in [1.54, 1.807) is 13.0 Å². The van der Waals surface area contributed by atoms with Gasteiger partial charge in [-0.2, -0.15) is 0 Å². The Morgan fingerprint density at radius 2 is 2.05 bits per heavy atom. The summed E-state index contributed by atoms with van der Waals surface area (Å²) in [6.45, 7) is 7.17. The third kappa shape index (κ3) is 3.37. The predicted octanol–water partition coefficient (Wildman–Crippen LogP) is 4.13. The number of nitro groups is 1. The molecule has 2 rings (SSSR count). The molecule has 1 aliphatic carbocycles. The van der Waals surface area contributed by atoms with Crippen molar-refractivity contribution < 1.29 is 4.92 Å². The molecular formula is C16H24N2O2. The molecule has 1 saturated carbocycles. The highest BCUT2D eigenvalue weighted by molar-refractivity contribution is 5.43. The van der Waals surface area contributed by atoms with E-state index in [4.69, 9.17) is 0 Å². The van der Waals surface area contributed by atoms with Crippen molar-refractivity contribution in [3.63, 3.8) is 0 Å². The number of nitrogens with one attached hydrogen (secondary N) is 1. The molecule has 1 unspecified atom stereocenters. The smallest absolute Gasteiger partial charge is 0.272 e. The average molecular weight is 276 g/mol. The molecule has 0 aromatic heterocycles. The third-order valence-corrected chi connectivity index (χ3v) is 4.58. The zero-order valence-corrected chi connectivity index (χ0v) is 12.6. The maximum atomic E-state index is 11.0. The van der Waals surface area contributed by atoms with Gasteiger partial charge in [0.1, 0.15) is 0 Å². The Bertz CT molecular complexity index is 493. The van der Waals surface area contributed by atoms with E-state index in [0.29, 0.717) is 11.0 Å². The Morgan fingerprint density at radius 3 is 2.65 bits per heavy atom. The Balaban J connectivity index is 2.03. The Hall–Kier alpha value is -1.42. The standard InChI is InChI=1S/C16H24N2O2/c1-12-6-7-14(10-15(12)18(19)20)13(2)17-11-16(3)8-4-5-9-16/h6-7,10,13,17H,4-5,8-9,11H2,1-3H3. The van der Waals surface area contributed by atoms with E-state index in [1.807, 2.05) is 12.1 Å². The molecule has 0 heterocycles. The van der Waals surface area contributed by atoms with Crippen LogP contribution in [0.3, 0.4) is 0 Å². The second kappa shape index (κ2) is 5.92. The molecule has 0 saturated heterocycles. The summed E-state index contributed by atoms with van der Waals surface area (Å²) >= 11 is 0. The van der Waals surface area contributed by atoms with E-state index in [9.17, 15) is 10.1 Å². The lowest BCUT2D eigenvalue weighted by Gasteiger charge is -2.26. The van der Waals surface area contributed by atoms with E-state index >= 15 is 0 Å².